The van der Waals surface area contributed by atoms with Crippen molar-refractivity contribution < 1.29 is 13.2 Å². The highest BCUT2D eigenvalue weighted by atomic mass is 32.2. The number of hydrogen-bond donors (Lipinski definition) is 0. The van der Waals surface area contributed by atoms with E-state index in [1.807, 2.05) is 13.8 Å². The fraction of sp³-hybridized carbons (Fsp3) is 0.600. The van der Waals surface area contributed by atoms with Crippen LogP contribution in [0.25, 0.3) is 0 Å². The van der Waals surface area contributed by atoms with Crippen molar-refractivity contribution in [1.29, 1.82) is 0 Å². The zero-order valence-corrected chi connectivity index (χ0v) is 13.2. The van der Waals surface area contributed by atoms with E-state index in [1.165, 1.54) is 0 Å². The van der Waals surface area contributed by atoms with Crippen LogP contribution >= 0.6 is 0 Å². The average Bonchev–Trinajstić information content (AvgIpc) is 2.91. The van der Waals surface area contributed by atoms with E-state index in [2.05, 4.69) is 0 Å². The van der Waals surface area contributed by atoms with Crippen molar-refractivity contribution in [2.75, 3.05) is 7.11 Å². The first-order chi connectivity index (χ1) is 9.46. The predicted octanol–water partition coefficient (Wildman–Crippen LogP) is 3.04. The van der Waals surface area contributed by atoms with Gasteiger partial charge in [0.15, 0.2) is 0 Å². The van der Waals surface area contributed by atoms with E-state index in [9.17, 15) is 8.42 Å². The van der Waals surface area contributed by atoms with Crippen molar-refractivity contribution in [3.63, 3.8) is 0 Å². The predicted molar refractivity (Wildman–Crippen MR) is 79.4 cm³/mol. The molecule has 0 amide bonds. The van der Waals surface area contributed by atoms with Gasteiger partial charge in [-0.15, -0.1) is 0 Å². The second-order valence-electron chi connectivity index (χ2n) is 5.54. The standard InChI is InChI=1S/C15H23NO3S/c1-12(2)16(13-6-4-5-7-13)20(17,18)15-10-8-14(19-3)9-11-15/h8-13H,4-7H2,1-3H3. The third-order valence-electron chi connectivity index (χ3n) is 3.83. The molecule has 0 saturated heterocycles. The Morgan fingerprint density at radius 1 is 1.15 bits per heavy atom. The lowest BCUT2D eigenvalue weighted by atomic mass is 10.2. The minimum atomic E-state index is -3.43. The van der Waals surface area contributed by atoms with E-state index in [0.29, 0.717) is 10.6 Å². The molecule has 0 unspecified atom stereocenters. The van der Waals surface area contributed by atoms with Crippen LogP contribution in [0.1, 0.15) is 39.5 Å². The molecule has 0 N–H and O–H groups in total. The van der Waals surface area contributed by atoms with Gasteiger partial charge in [-0.2, -0.15) is 4.31 Å². The molecule has 1 aromatic rings. The Labute approximate surface area is 121 Å². The summed E-state index contributed by atoms with van der Waals surface area (Å²) in [6.45, 7) is 3.89. The Bertz CT molecular complexity index is 531. The summed E-state index contributed by atoms with van der Waals surface area (Å²) in [5.41, 5.74) is 0. The zero-order valence-electron chi connectivity index (χ0n) is 12.4. The Morgan fingerprint density at radius 2 is 1.70 bits per heavy atom. The molecule has 0 aliphatic heterocycles. The van der Waals surface area contributed by atoms with Crippen molar-refractivity contribution in [1.82, 2.24) is 4.31 Å². The average molecular weight is 297 g/mol. The van der Waals surface area contributed by atoms with Crippen LogP contribution < -0.4 is 4.74 Å². The Kier molecular flexibility index (Phi) is 4.70. The van der Waals surface area contributed by atoms with Gasteiger partial charge in [0.25, 0.3) is 0 Å². The summed E-state index contributed by atoms with van der Waals surface area (Å²) in [7, 11) is -1.86. The summed E-state index contributed by atoms with van der Waals surface area (Å²) in [6.07, 6.45) is 4.17. The van der Waals surface area contributed by atoms with Crippen molar-refractivity contribution in [3.05, 3.63) is 24.3 Å². The summed E-state index contributed by atoms with van der Waals surface area (Å²) in [5, 5.41) is 0. The number of sulfonamides is 1. The molecule has 1 aromatic carbocycles. The topological polar surface area (TPSA) is 46.6 Å². The Morgan fingerprint density at radius 3 is 2.15 bits per heavy atom. The fourth-order valence-electron chi connectivity index (χ4n) is 2.92. The van der Waals surface area contributed by atoms with Gasteiger partial charge in [-0.1, -0.05) is 12.8 Å². The number of methoxy groups -OCH3 is 1. The number of hydrogen-bond acceptors (Lipinski definition) is 3. The van der Waals surface area contributed by atoms with E-state index >= 15 is 0 Å². The lowest BCUT2D eigenvalue weighted by molar-refractivity contribution is 0.275. The summed E-state index contributed by atoms with van der Waals surface area (Å²) in [5.74, 6) is 0.668. The quantitative estimate of drug-likeness (QED) is 0.839. The molecule has 4 nitrogen and oxygen atoms in total. The lowest BCUT2D eigenvalue weighted by Gasteiger charge is -2.31. The van der Waals surface area contributed by atoms with Gasteiger partial charge in [-0.25, -0.2) is 8.42 Å². The van der Waals surface area contributed by atoms with Gasteiger partial charge in [0, 0.05) is 12.1 Å². The molecule has 1 fully saturated rings. The number of benzene rings is 1. The normalized spacial score (nSPS) is 17.1. The van der Waals surface area contributed by atoms with Crippen molar-refractivity contribution in [2.24, 2.45) is 0 Å². The van der Waals surface area contributed by atoms with Gasteiger partial charge < -0.3 is 4.74 Å². The van der Waals surface area contributed by atoms with E-state index in [-0.39, 0.29) is 12.1 Å². The fourth-order valence-corrected chi connectivity index (χ4v) is 4.81. The summed E-state index contributed by atoms with van der Waals surface area (Å²) < 4.78 is 32.5. The highest BCUT2D eigenvalue weighted by Crippen LogP contribution is 2.30. The third kappa shape index (κ3) is 2.99. The molecule has 0 heterocycles. The molecule has 1 aliphatic rings. The molecule has 0 radical (unpaired) electrons. The zero-order chi connectivity index (χ0) is 14.8. The molecule has 5 heteroatoms. The molecule has 0 aromatic heterocycles. The van der Waals surface area contributed by atoms with Gasteiger partial charge >= 0.3 is 0 Å². The second-order valence-corrected chi connectivity index (χ2v) is 7.39. The minimum absolute atomic E-state index is 0.0230. The number of nitrogens with zero attached hydrogens (tertiary/aromatic N) is 1. The number of ether oxygens (including phenoxy) is 1. The maximum absolute atomic E-state index is 12.8. The summed E-state index contributed by atoms with van der Waals surface area (Å²) in [6, 6.07) is 6.75. The van der Waals surface area contributed by atoms with E-state index in [1.54, 1.807) is 35.7 Å². The lowest BCUT2D eigenvalue weighted by Crippen LogP contribution is -2.43. The molecule has 0 bridgehead atoms. The Balaban J connectivity index is 2.33. The molecule has 1 saturated carbocycles. The first-order valence-corrected chi connectivity index (χ1v) is 8.58. The van der Waals surface area contributed by atoms with Crippen molar-refractivity contribution in [2.45, 2.75) is 56.5 Å². The molecular weight excluding hydrogens is 274 g/mol. The monoisotopic (exact) mass is 297 g/mol. The van der Waals surface area contributed by atoms with Crippen molar-refractivity contribution in [3.8, 4) is 5.75 Å². The van der Waals surface area contributed by atoms with Crippen LogP contribution in [-0.4, -0.2) is 31.9 Å². The van der Waals surface area contributed by atoms with Crippen LogP contribution in [0.2, 0.25) is 0 Å². The first kappa shape index (κ1) is 15.3. The van der Waals surface area contributed by atoms with Crippen molar-refractivity contribution >= 4 is 10.0 Å². The van der Waals surface area contributed by atoms with E-state index in [4.69, 9.17) is 4.74 Å². The van der Waals surface area contributed by atoms with E-state index in [0.717, 1.165) is 25.7 Å². The smallest absolute Gasteiger partial charge is 0.243 e. The van der Waals surface area contributed by atoms with Crippen LogP contribution in [0, 0.1) is 0 Å². The van der Waals surface area contributed by atoms with Crippen LogP contribution in [0.3, 0.4) is 0 Å². The molecule has 20 heavy (non-hydrogen) atoms. The van der Waals surface area contributed by atoms with Crippen LogP contribution in [0.4, 0.5) is 0 Å². The van der Waals surface area contributed by atoms with Crippen LogP contribution in [-0.2, 0) is 10.0 Å². The molecule has 0 atom stereocenters. The van der Waals surface area contributed by atoms with Gasteiger partial charge in [0.2, 0.25) is 10.0 Å². The highest BCUT2D eigenvalue weighted by molar-refractivity contribution is 7.89. The van der Waals surface area contributed by atoms with Gasteiger partial charge in [0.05, 0.1) is 12.0 Å². The van der Waals surface area contributed by atoms with Crippen LogP contribution in [0.15, 0.2) is 29.2 Å². The highest BCUT2D eigenvalue weighted by Gasteiger charge is 2.35. The van der Waals surface area contributed by atoms with Gasteiger partial charge in [-0.3, -0.25) is 0 Å². The second kappa shape index (κ2) is 6.14. The Hall–Kier alpha value is -1.07. The minimum Gasteiger partial charge on any atom is -0.497 e. The van der Waals surface area contributed by atoms with Gasteiger partial charge in [-0.05, 0) is 51.0 Å². The molecule has 1 aliphatic carbocycles. The van der Waals surface area contributed by atoms with Gasteiger partial charge in [0.1, 0.15) is 5.75 Å². The summed E-state index contributed by atoms with van der Waals surface area (Å²) >= 11 is 0. The number of rotatable bonds is 5. The molecule has 112 valence electrons. The molecule has 0 spiro atoms. The van der Waals surface area contributed by atoms with E-state index < -0.39 is 10.0 Å². The largest absolute Gasteiger partial charge is 0.497 e. The SMILES string of the molecule is COc1ccc(S(=O)(=O)N(C(C)C)C2CCCC2)cc1. The maximum Gasteiger partial charge on any atom is 0.243 e. The van der Waals surface area contributed by atoms with Crippen LogP contribution in [0.5, 0.6) is 5.75 Å². The maximum atomic E-state index is 12.8. The molecule has 2 rings (SSSR count). The molecular formula is C15H23NO3S. The first-order valence-electron chi connectivity index (χ1n) is 7.14. The third-order valence-corrected chi connectivity index (χ3v) is 5.97. The summed E-state index contributed by atoms with van der Waals surface area (Å²) in [4.78, 5) is 0.346.